The average Bonchev–Trinajstić information content (AvgIpc) is 3.23. The van der Waals surface area contributed by atoms with Gasteiger partial charge in [0.2, 0.25) is 11.9 Å². The van der Waals surface area contributed by atoms with Gasteiger partial charge >= 0.3 is 0 Å². The molecule has 0 atom stereocenters. The molecule has 1 N–H and O–H groups in total. The number of nitro groups is 1. The monoisotopic (exact) mass is 472 g/mol. The van der Waals surface area contributed by atoms with Crippen LogP contribution in [0, 0.1) is 22.9 Å². The lowest BCUT2D eigenvalue weighted by Crippen LogP contribution is -2.37. The Balaban J connectivity index is 1.53. The van der Waals surface area contributed by atoms with Crippen LogP contribution in [0.25, 0.3) is 5.69 Å². The molecule has 3 aromatic rings. The van der Waals surface area contributed by atoms with Gasteiger partial charge in [-0.25, -0.2) is 4.39 Å². The van der Waals surface area contributed by atoms with Gasteiger partial charge in [0.25, 0.3) is 5.69 Å². The molecule has 0 spiro atoms. The second kappa shape index (κ2) is 9.96. The van der Waals surface area contributed by atoms with Gasteiger partial charge in [0.05, 0.1) is 29.6 Å². The van der Waals surface area contributed by atoms with Crippen LogP contribution in [0.1, 0.15) is 5.56 Å². The number of hydrogen-bond acceptors (Lipinski definition) is 8. The molecule has 10 nitrogen and oxygen atoms in total. The van der Waals surface area contributed by atoms with E-state index < -0.39 is 10.7 Å². The standard InChI is InChI=1S/C21H21FN6O4S/c1-14-5-6-16(12-18(14)28(30)31)23-19(29)13-33-21-25-24-20(26-7-9-32-10-8-26)27(21)17-4-2-3-15(22)11-17/h2-6,11-12H,7-10,13H2,1H3,(H,23,29). The van der Waals surface area contributed by atoms with Crippen LogP contribution in [0.4, 0.5) is 21.7 Å². The van der Waals surface area contributed by atoms with Gasteiger partial charge in [-0.3, -0.25) is 19.5 Å². The van der Waals surface area contributed by atoms with E-state index in [1.165, 1.54) is 18.2 Å². The number of halogens is 1. The maximum Gasteiger partial charge on any atom is 0.274 e. The maximum absolute atomic E-state index is 13.9. The van der Waals surface area contributed by atoms with Crippen LogP contribution in [0.15, 0.2) is 47.6 Å². The lowest BCUT2D eigenvalue weighted by Gasteiger charge is -2.27. The number of benzene rings is 2. The Morgan fingerprint density at radius 2 is 2.03 bits per heavy atom. The predicted molar refractivity (Wildman–Crippen MR) is 122 cm³/mol. The van der Waals surface area contributed by atoms with Crippen molar-refractivity contribution in [1.29, 1.82) is 0 Å². The molecule has 0 unspecified atom stereocenters. The number of nitrogens with one attached hydrogen (secondary N) is 1. The van der Waals surface area contributed by atoms with E-state index in [9.17, 15) is 19.3 Å². The molecule has 12 heteroatoms. The van der Waals surface area contributed by atoms with E-state index in [4.69, 9.17) is 4.74 Å². The molecule has 0 radical (unpaired) electrons. The summed E-state index contributed by atoms with van der Waals surface area (Å²) in [5.41, 5.74) is 1.31. The zero-order valence-electron chi connectivity index (χ0n) is 17.7. The first-order chi connectivity index (χ1) is 15.9. The van der Waals surface area contributed by atoms with Crippen molar-refractivity contribution in [2.45, 2.75) is 12.1 Å². The summed E-state index contributed by atoms with van der Waals surface area (Å²) in [5.74, 6) is -0.234. The molecule has 2 heterocycles. The van der Waals surface area contributed by atoms with E-state index in [1.54, 1.807) is 35.8 Å². The minimum atomic E-state index is -0.492. The lowest BCUT2D eigenvalue weighted by atomic mass is 10.2. The highest BCUT2D eigenvalue weighted by molar-refractivity contribution is 7.99. The van der Waals surface area contributed by atoms with Crippen molar-refractivity contribution in [3.8, 4) is 5.69 Å². The first-order valence-corrected chi connectivity index (χ1v) is 11.1. The van der Waals surface area contributed by atoms with E-state index in [-0.39, 0.29) is 17.3 Å². The number of morpholine rings is 1. The predicted octanol–water partition coefficient (Wildman–Crippen LogP) is 3.19. The van der Waals surface area contributed by atoms with Crippen molar-refractivity contribution in [3.05, 3.63) is 64.0 Å². The first kappa shape index (κ1) is 22.7. The summed E-state index contributed by atoms with van der Waals surface area (Å²) in [6.07, 6.45) is 0. The minimum absolute atomic E-state index is 0.0156. The van der Waals surface area contributed by atoms with E-state index in [0.717, 1.165) is 11.8 Å². The molecule has 1 aromatic heterocycles. The van der Waals surface area contributed by atoms with Gasteiger partial charge in [-0.15, -0.1) is 10.2 Å². The Bertz CT molecular complexity index is 1180. The van der Waals surface area contributed by atoms with Gasteiger partial charge in [0.1, 0.15) is 5.82 Å². The van der Waals surface area contributed by atoms with Crippen molar-refractivity contribution in [2.24, 2.45) is 0 Å². The number of carbonyl (C=O) groups is 1. The van der Waals surface area contributed by atoms with E-state index in [1.807, 2.05) is 4.90 Å². The molecule has 0 aliphatic carbocycles. The number of amides is 1. The van der Waals surface area contributed by atoms with Gasteiger partial charge in [-0.2, -0.15) is 0 Å². The SMILES string of the molecule is Cc1ccc(NC(=O)CSc2nnc(N3CCOCC3)n2-c2cccc(F)c2)cc1[N+](=O)[O-]. The Labute approximate surface area is 192 Å². The quantitative estimate of drug-likeness (QED) is 0.317. The fraction of sp³-hybridized carbons (Fsp3) is 0.286. The van der Waals surface area contributed by atoms with Crippen molar-refractivity contribution in [2.75, 3.05) is 42.3 Å². The number of hydrogen-bond donors (Lipinski definition) is 1. The number of aryl methyl sites for hydroxylation is 1. The average molecular weight is 473 g/mol. The van der Waals surface area contributed by atoms with Gasteiger partial charge in [-0.1, -0.05) is 23.9 Å². The number of anilines is 2. The van der Waals surface area contributed by atoms with Crippen LogP contribution in [0.3, 0.4) is 0 Å². The van der Waals surface area contributed by atoms with Crippen LogP contribution in [0.5, 0.6) is 0 Å². The molecule has 1 aliphatic rings. The summed E-state index contributed by atoms with van der Waals surface area (Å²) in [5, 5.41) is 22.7. The number of rotatable bonds is 7. The van der Waals surface area contributed by atoms with Gasteiger partial charge in [-0.05, 0) is 31.2 Å². The molecule has 2 aromatic carbocycles. The first-order valence-electron chi connectivity index (χ1n) is 10.1. The van der Waals surface area contributed by atoms with Crippen molar-refractivity contribution < 1.29 is 18.8 Å². The molecule has 1 aliphatic heterocycles. The van der Waals surface area contributed by atoms with Crippen molar-refractivity contribution in [3.63, 3.8) is 0 Å². The molecular formula is C21H21FN6O4S. The maximum atomic E-state index is 13.9. The smallest absolute Gasteiger partial charge is 0.274 e. The van der Waals surface area contributed by atoms with E-state index in [2.05, 4.69) is 15.5 Å². The van der Waals surface area contributed by atoms with Gasteiger partial charge in [0, 0.05) is 30.4 Å². The van der Waals surface area contributed by atoms with Crippen LogP contribution < -0.4 is 10.2 Å². The summed E-state index contributed by atoms with van der Waals surface area (Å²) in [6.45, 7) is 3.95. The molecule has 0 saturated carbocycles. The van der Waals surface area contributed by atoms with E-state index >= 15 is 0 Å². The third kappa shape index (κ3) is 5.29. The third-order valence-electron chi connectivity index (χ3n) is 5.00. The topological polar surface area (TPSA) is 115 Å². The molecular weight excluding hydrogens is 451 g/mol. The molecule has 4 rings (SSSR count). The Hall–Kier alpha value is -3.51. The van der Waals surface area contributed by atoms with Crippen LogP contribution in [0.2, 0.25) is 0 Å². The summed E-state index contributed by atoms with van der Waals surface area (Å²) >= 11 is 1.14. The second-order valence-electron chi connectivity index (χ2n) is 7.29. The van der Waals surface area contributed by atoms with Crippen LogP contribution >= 0.6 is 11.8 Å². The Morgan fingerprint density at radius 1 is 1.24 bits per heavy atom. The summed E-state index contributed by atoms with van der Waals surface area (Å²) < 4.78 is 21.0. The largest absolute Gasteiger partial charge is 0.378 e. The summed E-state index contributed by atoms with van der Waals surface area (Å²) in [4.78, 5) is 25.2. The summed E-state index contributed by atoms with van der Waals surface area (Å²) in [7, 11) is 0. The van der Waals surface area contributed by atoms with Crippen LogP contribution in [-0.4, -0.2) is 57.7 Å². The summed E-state index contributed by atoms with van der Waals surface area (Å²) in [6, 6.07) is 10.6. The van der Waals surface area contributed by atoms with Gasteiger partial charge in [0.15, 0.2) is 5.16 Å². The molecule has 172 valence electrons. The minimum Gasteiger partial charge on any atom is -0.378 e. The Kier molecular flexibility index (Phi) is 6.84. The Morgan fingerprint density at radius 3 is 2.76 bits per heavy atom. The van der Waals surface area contributed by atoms with Crippen molar-refractivity contribution in [1.82, 2.24) is 14.8 Å². The second-order valence-corrected chi connectivity index (χ2v) is 8.24. The zero-order valence-corrected chi connectivity index (χ0v) is 18.5. The lowest BCUT2D eigenvalue weighted by molar-refractivity contribution is -0.385. The number of nitrogens with zero attached hydrogens (tertiary/aromatic N) is 5. The number of aromatic nitrogens is 3. The molecule has 1 saturated heterocycles. The zero-order chi connectivity index (χ0) is 23.4. The fourth-order valence-electron chi connectivity index (χ4n) is 3.38. The number of ether oxygens (including phenoxy) is 1. The third-order valence-corrected chi connectivity index (χ3v) is 5.93. The fourth-order valence-corrected chi connectivity index (χ4v) is 4.12. The van der Waals surface area contributed by atoms with Gasteiger partial charge < -0.3 is 15.0 Å². The number of carbonyl (C=O) groups excluding carboxylic acids is 1. The highest BCUT2D eigenvalue weighted by Crippen LogP contribution is 2.28. The number of nitro benzene ring substituents is 1. The highest BCUT2D eigenvalue weighted by atomic mass is 32.2. The van der Waals surface area contributed by atoms with Crippen LogP contribution in [-0.2, 0) is 9.53 Å². The van der Waals surface area contributed by atoms with Crippen molar-refractivity contribution >= 4 is 35.0 Å². The number of thioether (sulfide) groups is 1. The molecule has 1 amide bonds. The molecule has 1 fully saturated rings. The highest BCUT2D eigenvalue weighted by Gasteiger charge is 2.23. The normalized spacial score (nSPS) is 13.7. The molecule has 0 bridgehead atoms. The van der Waals surface area contributed by atoms with E-state index in [0.29, 0.717) is 54.3 Å². The molecule has 33 heavy (non-hydrogen) atoms.